The van der Waals surface area contributed by atoms with Crippen LogP contribution in [0.5, 0.6) is 0 Å². The number of halogens is 3. The average molecular weight is 588 g/mol. The number of carbonyl (C=O) groups excluding carboxylic acids is 1. The van der Waals surface area contributed by atoms with E-state index in [-0.39, 0.29) is 22.5 Å². The highest BCUT2D eigenvalue weighted by molar-refractivity contribution is 7.89. The third-order valence-electron chi connectivity index (χ3n) is 6.93. The third kappa shape index (κ3) is 7.80. The summed E-state index contributed by atoms with van der Waals surface area (Å²) in [5, 5.41) is 3.17. The van der Waals surface area contributed by atoms with Crippen molar-refractivity contribution in [3.05, 3.63) is 34.5 Å². The first-order valence-electron chi connectivity index (χ1n) is 13.4. The van der Waals surface area contributed by atoms with E-state index in [0.29, 0.717) is 49.0 Å². The molecule has 1 aliphatic carbocycles. The van der Waals surface area contributed by atoms with Gasteiger partial charge in [-0.25, -0.2) is 18.1 Å². The van der Waals surface area contributed by atoms with Crippen LogP contribution in [0.4, 0.5) is 13.2 Å². The molecule has 0 unspecified atom stereocenters. The fourth-order valence-electron chi connectivity index (χ4n) is 5.15. The highest BCUT2D eigenvalue weighted by Gasteiger charge is 2.39. The van der Waals surface area contributed by atoms with E-state index in [1.54, 1.807) is 20.8 Å². The monoisotopic (exact) mass is 587 g/mol. The summed E-state index contributed by atoms with van der Waals surface area (Å²) in [4.78, 5) is 17.3. The maximum absolute atomic E-state index is 14.2. The highest BCUT2D eigenvalue weighted by atomic mass is 32.2. The molecule has 1 aromatic carbocycles. The Labute approximate surface area is 232 Å². The van der Waals surface area contributed by atoms with E-state index in [1.165, 1.54) is 6.07 Å². The molecule has 12 heteroatoms. The van der Waals surface area contributed by atoms with E-state index in [1.807, 2.05) is 0 Å². The number of benzene rings is 1. The molecule has 2 aromatic rings. The number of thiazole rings is 1. The van der Waals surface area contributed by atoms with Crippen molar-refractivity contribution in [3.63, 3.8) is 0 Å². The van der Waals surface area contributed by atoms with Gasteiger partial charge in [-0.15, -0.1) is 11.3 Å². The maximum atomic E-state index is 14.2. The normalized spacial score (nSPS) is 18.3. The van der Waals surface area contributed by atoms with Gasteiger partial charge in [0.05, 0.1) is 21.0 Å². The van der Waals surface area contributed by atoms with Crippen LogP contribution in [0.15, 0.2) is 23.1 Å². The number of nitrogens with one attached hydrogen (secondary N) is 2. The van der Waals surface area contributed by atoms with Crippen molar-refractivity contribution in [1.82, 2.24) is 15.0 Å². The number of ether oxygens (including phenoxy) is 1. The lowest BCUT2D eigenvalue weighted by Crippen LogP contribution is -2.41. The first-order valence-corrected chi connectivity index (χ1v) is 15.7. The largest absolute Gasteiger partial charge is 0.417 e. The zero-order chi connectivity index (χ0) is 28.4. The summed E-state index contributed by atoms with van der Waals surface area (Å²) in [5.74, 6) is -0.0172. The summed E-state index contributed by atoms with van der Waals surface area (Å²) >= 11 is 1.05. The number of sulfonamides is 1. The van der Waals surface area contributed by atoms with E-state index in [9.17, 15) is 26.4 Å². The van der Waals surface area contributed by atoms with Gasteiger partial charge in [0, 0.05) is 24.8 Å². The van der Waals surface area contributed by atoms with Gasteiger partial charge in [0.1, 0.15) is 0 Å². The molecule has 0 bridgehead atoms. The quantitative estimate of drug-likeness (QED) is 0.418. The molecular formula is C27H36F3N3O4S2. The van der Waals surface area contributed by atoms with Crippen molar-refractivity contribution in [1.29, 1.82) is 0 Å². The van der Waals surface area contributed by atoms with Crippen LogP contribution in [0.2, 0.25) is 0 Å². The summed E-state index contributed by atoms with van der Waals surface area (Å²) in [6.45, 7) is 5.80. The van der Waals surface area contributed by atoms with Crippen molar-refractivity contribution in [2.45, 2.75) is 94.8 Å². The summed E-state index contributed by atoms with van der Waals surface area (Å²) in [6, 6.07) is 3.20. The Morgan fingerprint density at radius 2 is 1.74 bits per heavy atom. The van der Waals surface area contributed by atoms with E-state index in [2.05, 4.69) is 15.0 Å². The Hall–Kier alpha value is -2.02. The number of hydrogen-bond donors (Lipinski definition) is 2. The van der Waals surface area contributed by atoms with Crippen LogP contribution in [-0.4, -0.2) is 44.1 Å². The highest BCUT2D eigenvalue weighted by Crippen LogP contribution is 2.40. The SMILES string of the molecule is CC(C)(C)NS(=O)(=O)c1ccc(-c2sc(C(=O)NC3CCOCC3)nc2CC2CCCCC2)cc1C(F)(F)F. The number of aromatic nitrogens is 1. The zero-order valence-corrected chi connectivity index (χ0v) is 24.1. The molecule has 1 amide bonds. The van der Waals surface area contributed by atoms with Gasteiger partial charge >= 0.3 is 6.18 Å². The van der Waals surface area contributed by atoms with Crippen molar-refractivity contribution in [2.75, 3.05) is 13.2 Å². The van der Waals surface area contributed by atoms with Gasteiger partial charge in [0.25, 0.3) is 5.91 Å². The van der Waals surface area contributed by atoms with E-state index < -0.39 is 32.2 Å². The zero-order valence-electron chi connectivity index (χ0n) is 22.5. The minimum atomic E-state index is -4.91. The molecule has 7 nitrogen and oxygen atoms in total. The van der Waals surface area contributed by atoms with Gasteiger partial charge in [-0.3, -0.25) is 4.79 Å². The molecule has 0 atom stereocenters. The first kappa shape index (κ1) is 30.0. The average Bonchev–Trinajstić information content (AvgIpc) is 3.27. The van der Waals surface area contributed by atoms with Crippen LogP contribution in [0, 0.1) is 5.92 Å². The van der Waals surface area contributed by atoms with Gasteiger partial charge in [0.2, 0.25) is 10.0 Å². The molecule has 4 rings (SSSR count). The van der Waals surface area contributed by atoms with Crippen LogP contribution >= 0.6 is 11.3 Å². The number of nitrogens with zero attached hydrogens (tertiary/aromatic N) is 1. The summed E-state index contributed by atoms with van der Waals surface area (Å²) in [7, 11) is -4.44. The second kappa shape index (κ2) is 11.8. The predicted molar refractivity (Wildman–Crippen MR) is 144 cm³/mol. The maximum Gasteiger partial charge on any atom is 0.417 e. The molecule has 2 N–H and O–H groups in total. The number of carbonyl (C=O) groups is 1. The molecule has 2 aliphatic rings. The number of amides is 1. The van der Waals surface area contributed by atoms with Gasteiger partial charge in [-0.05, 0) is 63.6 Å². The lowest BCUT2D eigenvalue weighted by Gasteiger charge is -2.23. The Morgan fingerprint density at radius 1 is 1.08 bits per heavy atom. The van der Waals surface area contributed by atoms with Crippen LogP contribution < -0.4 is 10.0 Å². The van der Waals surface area contributed by atoms with Crippen molar-refractivity contribution in [3.8, 4) is 10.4 Å². The minimum absolute atomic E-state index is 0.0444. The molecule has 1 aromatic heterocycles. The molecule has 216 valence electrons. The predicted octanol–water partition coefficient (Wildman–Crippen LogP) is 5.94. The summed E-state index contributed by atoms with van der Waals surface area (Å²) in [5.41, 5.74) is -1.43. The van der Waals surface area contributed by atoms with Crippen LogP contribution in [0.3, 0.4) is 0 Å². The van der Waals surface area contributed by atoms with E-state index in [0.717, 1.165) is 55.6 Å². The molecule has 0 spiro atoms. The minimum Gasteiger partial charge on any atom is -0.381 e. The number of alkyl halides is 3. The topological polar surface area (TPSA) is 97.4 Å². The molecule has 1 aliphatic heterocycles. The Balaban J connectivity index is 1.74. The van der Waals surface area contributed by atoms with Gasteiger partial charge in [0.15, 0.2) is 5.01 Å². The Bertz CT molecular complexity index is 1270. The molecule has 0 radical (unpaired) electrons. The van der Waals surface area contributed by atoms with Crippen molar-refractivity contribution in [2.24, 2.45) is 5.92 Å². The van der Waals surface area contributed by atoms with E-state index in [4.69, 9.17) is 4.74 Å². The van der Waals surface area contributed by atoms with Gasteiger partial charge < -0.3 is 10.1 Å². The van der Waals surface area contributed by atoms with E-state index >= 15 is 0 Å². The Kier molecular flexibility index (Phi) is 9.09. The Morgan fingerprint density at radius 3 is 2.36 bits per heavy atom. The van der Waals surface area contributed by atoms with Crippen molar-refractivity contribution >= 4 is 27.3 Å². The number of hydrogen-bond acceptors (Lipinski definition) is 6. The van der Waals surface area contributed by atoms with Crippen LogP contribution in [-0.2, 0) is 27.4 Å². The van der Waals surface area contributed by atoms with Crippen molar-refractivity contribution < 1.29 is 31.1 Å². The van der Waals surface area contributed by atoms with Gasteiger partial charge in [-0.2, -0.15) is 13.2 Å². The van der Waals surface area contributed by atoms with Gasteiger partial charge in [-0.1, -0.05) is 38.2 Å². The third-order valence-corrected chi connectivity index (χ3v) is 9.89. The molecule has 1 saturated heterocycles. The number of rotatable bonds is 7. The summed E-state index contributed by atoms with van der Waals surface area (Å²) < 4.78 is 76.0. The van der Waals surface area contributed by atoms with Crippen LogP contribution in [0.25, 0.3) is 10.4 Å². The van der Waals surface area contributed by atoms with Crippen LogP contribution in [0.1, 0.15) is 86.8 Å². The first-order chi connectivity index (χ1) is 18.2. The molecular weight excluding hydrogens is 551 g/mol. The lowest BCUT2D eigenvalue weighted by atomic mass is 9.85. The smallest absolute Gasteiger partial charge is 0.381 e. The lowest BCUT2D eigenvalue weighted by molar-refractivity contribution is -0.139. The molecule has 39 heavy (non-hydrogen) atoms. The fraction of sp³-hybridized carbons (Fsp3) is 0.630. The second-order valence-electron chi connectivity index (χ2n) is 11.4. The standard InChI is InChI=1S/C27H36F3N3O4S2/c1-26(2,3)33-39(35,36)22-10-9-18(16-20(22)27(28,29)30)23-21(15-17-7-5-4-6-8-17)32-25(38-23)24(34)31-19-11-13-37-14-12-19/h9-10,16-17,19,33H,4-8,11-15H2,1-3H3,(H,31,34). The summed E-state index contributed by atoms with van der Waals surface area (Å²) in [6.07, 6.45) is 2.37. The molecule has 2 fully saturated rings. The second-order valence-corrected chi connectivity index (χ2v) is 14.1. The molecule has 2 heterocycles. The fourth-order valence-corrected chi connectivity index (χ4v) is 7.77. The molecule has 1 saturated carbocycles.